The van der Waals surface area contributed by atoms with Gasteiger partial charge in [-0.15, -0.1) is 0 Å². The Balaban J connectivity index is 0.000000448. The largest absolute Gasteiger partial charge is 0.748 e. The predicted octanol–water partition coefficient (Wildman–Crippen LogP) is 8.53. The highest BCUT2D eigenvalue weighted by atomic mass is 32.2. The summed E-state index contributed by atoms with van der Waals surface area (Å²) in [4.78, 5) is 111. The predicted molar refractivity (Wildman–Crippen MR) is 529 cm³/mol. The van der Waals surface area contributed by atoms with E-state index in [-0.39, 0.29) is 122 Å². The van der Waals surface area contributed by atoms with Crippen LogP contribution in [0.5, 0.6) is 57.5 Å². The highest BCUT2D eigenvalue weighted by Crippen LogP contribution is 2.39. The van der Waals surface area contributed by atoms with Crippen molar-refractivity contribution in [2.24, 2.45) is 5.73 Å². The third-order valence-corrected chi connectivity index (χ3v) is 23.1. The highest BCUT2D eigenvalue weighted by Gasteiger charge is 2.32. The number of hydrogen-bond donors (Lipinski definition) is 10. The van der Waals surface area contributed by atoms with Crippen LogP contribution in [0.15, 0.2) is 170 Å². The normalized spacial score (nSPS) is 12.2. The zero-order valence-electron chi connectivity index (χ0n) is 83.7. The SMILES string of the molecule is CNC.COC(CN)OC.COc1cc(C=O)ccc1O.COc1cc(CN(C)C)cc(C(=O)c2ccccc2C(=O)O)c1O.COc1cc(CN(C)C)ccc1O.COc1cc(C[N+](C)(C)CCCS(=O)(=O)[O-])cc(C(=O)c2ccccc2C(=O)NCC(OC)OC)c1O.COc1cc(C[N+](C)(C)CCCS(=O)(=O)[O-])cc(C(=O)c2ccccc2C(=O)O)c1O.O=C1OC(=O)c2ccccc21.O=S1(=O)CCCO1. The molecule has 1 saturated heterocycles. The number of ketones is 3. The number of amides is 1. The molecule has 2 aliphatic heterocycles. The fraction of sp³-hybridized carbons (Fsp3) is 0.364. The Kier molecular flexibility index (Phi) is 52.7. The molecule has 9 aromatic carbocycles. The number of cyclic esters (lactones) is 2. The van der Waals surface area contributed by atoms with Crippen LogP contribution in [0.1, 0.15) is 151 Å². The van der Waals surface area contributed by atoms with Crippen LogP contribution in [0.2, 0.25) is 0 Å². The number of aldehydes is 1. The number of nitrogens with two attached hydrogens (primary N) is 1. The van der Waals surface area contributed by atoms with E-state index in [0.29, 0.717) is 107 Å². The molecule has 45 heteroatoms. The molecule has 1 amide bonds. The van der Waals surface area contributed by atoms with Crippen LogP contribution in [0.4, 0.5) is 0 Å². The number of rotatable bonds is 38. The van der Waals surface area contributed by atoms with Crippen molar-refractivity contribution >= 4 is 83.8 Å². The molecular formula is C99H129N7O35S3. The lowest BCUT2D eigenvalue weighted by Crippen LogP contribution is -2.40. The number of ether oxygens (including phenoxy) is 10. The van der Waals surface area contributed by atoms with Crippen molar-refractivity contribution in [1.82, 2.24) is 20.4 Å². The summed E-state index contributed by atoms with van der Waals surface area (Å²) < 4.78 is 140. The Morgan fingerprint density at radius 3 is 1.12 bits per heavy atom. The van der Waals surface area contributed by atoms with Gasteiger partial charge in [0.1, 0.15) is 19.4 Å². The van der Waals surface area contributed by atoms with Crippen molar-refractivity contribution in [1.29, 1.82) is 0 Å². The van der Waals surface area contributed by atoms with Crippen LogP contribution in [0, 0.1) is 0 Å². The van der Waals surface area contributed by atoms with E-state index in [1.807, 2.05) is 87.5 Å². The number of nitrogens with one attached hydrogen (secondary N) is 2. The first-order chi connectivity index (χ1) is 67.7. The molecule has 0 bridgehead atoms. The van der Waals surface area contributed by atoms with Crippen molar-refractivity contribution in [3.05, 3.63) is 259 Å². The van der Waals surface area contributed by atoms with Gasteiger partial charge in [-0.05, 0) is 157 Å². The van der Waals surface area contributed by atoms with Gasteiger partial charge in [0.15, 0.2) is 87.4 Å². The van der Waals surface area contributed by atoms with E-state index in [2.05, 4.69) is 24.5 Å². The standard InChI is InChI=1S/C25H34N2O9S.C21H25NO8S.C18H19NO5.C10H15NO2.C8H4O3.C8H8O3.C4H11NO2.C3H6O3S.C2H7N/c1-27(2,11-8-12-37(31,32)33)16-17-13-20(24(29)21(14-17)34-3)23(28)18-9-6-7-10-19(18)25(30)26-15-22(35-4)36-5;1-22(2,9-6-10-31(27,28)29)13-14-11-17(20(24)18(12-14)30-3)19(23)15-7-4-5-8-16(15)21(25)26;1-19(2)10-11-8-14(17(21)15(9-11)24-3)16(20)12-6-4-5-7-13(12)18(22)23;1-11(2)7-8-4-5-9(12)10(6-8)13-3;9-7-5-3-1-2-4-6(5)8(10)11-7;1-11-8-4-6(5-9)2-3-7(8)10;1-6-4(3-5)7-2;4-7(5)3-1-2-6-7;1-3-2/h6-7,9-10,13-14,22H,8,11-12,15-16H2,1-5H3,(H2-,26,28,29,30,31,32,33);4-5,7-8,11-12H,6,9-10,13H2,1-3H3,(H2-,23,24,25,26,27,28,29);4-9,21H,10H2,1-3H3,(H,22,23);4-6,12H,7H2,1-3H3;1-4H;2-5,10H,1H3;4H,3,5H2,1-2H3;1-3H2;3H,1-2H3. The molecule has 42 nitrogen and oxygen atoms in total. The summed E-state index contributed by atoms with van der Waals surface area (Å²) in [5.41, 5.74) is 9.18. The third-order valence-electron chi connectivity index (χ3n) is 20.2. The lowest BCUT2D eigenvalue weighted by molar-refractivity contribution is -0.903. The van der Waals surface area contributed by atoms with Gasteiger partial charge in [-0.2, -0.15) is 8.42 Å². The molecule has 0 unspecified atom stereocenters. The van der Waals surface area contributed by atoms with E-state index < -0.39 is 101 Å². The number of carboxylic acid groups (broad SMARTS) is 2. The topological polar surface area (TPSA) is 602 Å². The first-order valence-corrected chi connectivity index (χ1v) is 48.4. The van der Waals surface area contributed by atoms with Gasteiger partial charge >= 0.3 is 23.9 Å². The molecule has 0 aliphatic carbocycles. The Bertz CT molecular complexity index is 6100. The summed E-state index contributed by atoms with van der Waals surface area (Å²) in [5.74, 6) is -6.34. The van der Waals surface area contributed by atoms with Crippen LogP contribution in [0.25, 0.3) is 0 Å². The van der Waals surface area contributed by atoms with Crippen LogP contribution in [-0.4, -0.2) is 339 Å². The average Bonchev–Trinajstić information content (AvgIpc) is 1.10. The monoisotopic (exact) mass is 2070 g/mol. The molecule has 1 fully saturated rings. The number of carboxylic acids is 2. The first-order valence-electron chi connectivity index (χ1n) is 43.6. The molecule has 0 radical (unpaired) electrons. The number of hydrogen-bond acceptors (Lipinski definition) is 37. The number of fused-ring (bicyclic) bond motifs is 1. The Hall–Kier alpha value is -13.5. The average molecular weight is 2070 g/mol. The van der Waals surface area contributed by atoms with E-state index in [1.165, 1.54) is 122 Å². The highest BCUT2D eigenvalue weighted by molar-refractivity contribution is 7.87. The van der Waals surface area contributed by atoms with Crippen molar-refractivity contribution in [3.63, 3.8) is 0 Å². The summed E-state index contributed by atoms with van der Waals surface area (Å²) in [6.07, 6.45) is 0.804. The molecule has 144 heavy (non-hydrogen) atoms. The molecule has 11 rings (SSSR count). The van der Waals surface area contributed by atoms with E-state index in [9.17, 15) is 108 Å². The van der Waals surface area contributed by atoms with Gasteiger partial charge in [-0.25, -0.2) is 36.0 Å². The fourth-order valence-corrected chi connectivity index (χ4v) is 15.4. The number of aromatic hydroxyl groups is 5. The van der Waals surface area contributed by atoms with Crippen molar-refractivity contribution in [2.45, 2.75) is 58.0 Å². The number of methoxy groups -OCH3 is 9. The van der Waals surface area contributed by atoms with E-state index in [1.54, 1.807) is 100 Å². The molecule has 0 spiro atoms. The first kappa shape index (κ1) is 125. The third kappa shape index (κ3) is 42.2. The fourth-order valence-electron chi connectivity index (χ4n) is 13.4. The number of phenols is 5. The van der Waals surface area contributed by atoms with Gasteiger partial charge in [0.2, 0.25) is 0 Å². The zero-order chi connectivity index (χ0) is 109. The maximum absolute atomic E-state index is 13.6. The smallest absolute Gasteiger partial charge is 0.346 e. The van der Waals surface area contributed by atoms with Gasteiger partial charge in [0.25, 0.3) is 16.0 Å². The van der Waals surface area contributed by atoms with Gasteiger partial charge in [0, 0.05) is 106 Å². The number of nitrogens with zero attached hydrogens (tertiary/aromatic N) is 4. The second kappa shape index (κ2) is 60.9. The van der Waals surface area contributed by atoms with E-state index in [0.717, 1.165) is 17.7 Å². The molecule has 0 saturated carbocycles. The summed E-state index contributed by atoms with van der Waals surface area (Å²) in [7, 11) is 20.3. The molecule has 788 valence electrons. The van der Waals surface area contributed by atoms with E-state index in [4.69, 9.17) is 53.5 Å². The zero-order valence-corrected chi connectivity index (χ0v) is 86.1. The van der Waals surface area contributed by atoms with Gasteiger partial charge < -0.3 is 127 Å². The van der Waals surface area contributed by atoms with Crippen LogP contribution >= 0.6 is 0 Å². The number of quaternary nitrogens is 2. The Labute approximate surface area is 838 Å². The molecule has 9 aromatic rings. The van der Waals surface area contributed by atoms with E-state index >= 15 is 0 Å². The quantitative estimate of drug-likeness (QED) is 0.00253. The maximum Gasteiger partial charge on any atom is 0.346 e. The van der Waals surface area contributed by atoms with Gasteiger partial charge in [-0.1, -0.05) is 72.8 Å². The van der Waals surface area contributed by atoms with Crippen LogP contribution < -0.4 is 40.1 Å². The summed E-state index contributed by atoms with van der Waals surface area (Å²) in [6.45, 7) is 3.70. The van der Waals surface area contributed by atoms with Gasteiger partial charge in [-0.3, -0.25) is 28.2 Å². The summed E-state index contributed by atoms with van der Waals surface area (Å²) >= 11 is 0. The summed E-state index contributed by atoms with van der Waals surface area (Å²) in [5, 5.41) is 74.0. The molecule has 11 N–H and O–H groups in total. The Morgan fingerprint density at radius 1 is 0.472 bits per heavy atom. The Morgan fingerprint density at radius 2 is 0.806 bits per heavy atom. The number of carbonyl (C=O) groups is 9. The molecule has 2 aliphatic rings. The lowest BCUT2D eigenvalue weighted by Gasteiger charge is -2.30. The number of esters is 2. The van der Waals surface area contributed by atoms with Crippen LogP contribution in [0.3, 0.4) is 0 Å². The van der Waals surface area contributed by atoms with Crippen molar-refractivity contribution in [2.75, 3.05) is 185 Å². The van der Waals surface area contributed by atoms with Crippen molar-refractivity contribution in [3.8, 4) is 57.5 Å². The number of benzene rings is 9. The molecular weight excluding hydrogens is 1940 g/mol. The minimum atomic E-state index is -4.31. The van der Waals surface area contributed by atoms with Gasteiger partial charge in [0.05, 0.1) is 160 Å². The minimum absolute atomic E-state index is 0.0138. The number of phenolic OH excluding ortho intramolecular Hbond substituents is 5. The molecule has 0 aromatic heterocycles. The molecule has 2 heterocycles. The maximum atomic E-state index is 13.6. The molecule has 0 atom stereocenters. The lowest BCUT2D eigenvalue weighted by atomic mass is 9.95. The second-order valence-corrected chi connectivity index (χ2v) is 37.9. The second-order valence-electron chi connectivity index (χ2n) is 33.1. The number of carbonyl (C=O) groups excluding carboxylic acids is 7. The van der Waals surface area contributed by atoms with Crippen molar-refractivity contribution < 1.29 is 174 Å². The summed E-state index contributed by atoms with van der Waals surface area (Å²) in [6, 6.07) is 43.5. The van der Waals surface area contributed by atoms with Crippen LogP contribution in [-0.2, 0) is 84.4 Å². The minimum Gasteiger partial charge on any atom is -0.748 e. The number of aromatic carboxylic acids is 2.